The normalized spacial score (nSPS) is 9.80. The van der Waals surface area contributed by atoms with E-state index in [0.29, 0.717) is 5.69 Å². The van der Waals surface area contributed by atoms with E-state index in [1.54, 1.807) is 13.0 Å². The van der Waals surface area contributed by atoms with Crippen LogP contribution in [0.2, 0.25) is 0 Å². The summed E-state index contributed by atoms with van der Waals surface area (Å²) in [5.41, 5.74) is 6.64. The van der Waals surface area contributed by atoms with Crippen LogP contribution in [0.25, 0.3) is 0 Å². The van der Waals surface area contributed by atoms with Gasteiger partial charge in [0.05, 0.1) is 12.3 Å². The number of nitrogens with two attached hydrogens (primary N) is 1. The van der Waals surface area contributed by atoms with Crippen molar-refractivity contribution in [2.45, 2.75) is 13.5 Å². The van der Waals surface area contributed by atoms with Gasteiger partial charge >= 0.3 is 0 Å². The fourth-order valence-electron chi connectivity index (χ4n) is 0.739. The smallest absolute Gasteiger partial charge is 0.220 e. The molecule has 0 unspecified atom stereocenters. The van der Waals surface area contributed by atoms with E-state index >= 15 is 0 Å². The molecule has 3 N–H and O–H groups in total. The molecule has 0 aliphatic heterocycles. The molecule has 10 heavy (non-hydrogen) atoms. The first-order chi connectivity index (χ1) is 4.72. The van der Waals surface area contributed by atoms with Crippen molar-refractivity contribution in [3.8, 4) is 0 Å². The number of nitrogen functional groups attached to an aromatic ring is 1. The van der Waals surface area contributed by atoms with Crippen molar-refractivity contribution in [3.63, 3.8) is 0 Å². The highest BCUT2D eigenvalue weighted by molar-refractivity contribution is 5.21. The van der Waals surface area contributed by atoms with Gasteiger partial charge in [0.25, 0.3) is 0 Å². The molecule has 0 radical (unpaired) electrons. The van der Waals surface area contributed by atoms with Gasteiger partial charge in [-0.15, -0.1) is 0 Å². The molecule has 4 heteroatoms. The molecule has 0 saturated carbocycles. The first-order valence-corrected chi connectivity index (χ1v) is 2.93. The van der Waals surface area contributed by atoms with Gasteiger partial charge in [-0.1, -0.05) is 0 Å². The molecule has 1 heterocycles. The Kier molecular flexibility index (Phi) is 1.82. The van der Waals surface area contributed by atoms with Gasteiger partial charge in [-0.05, 0) is 13.0 Å². The molecule has 0 atom stereocenters. The van der Waals surface area contributed by atoms with E-state index in [4.69, 9.17) is 10.8 Å². The molecular weight excluding hydrogens is 130 g/mol. The molecule has 0 aliphatic carbocycles. The third-order valence-electron chi connectivity index (χ3n) is 1.09. The van der Waals surface area contributed by atoms with Crippen LogP contribution in [0.1, 0.15) is 11.4 Å². The molecule has 1 rings (SSSR count). The van der Waals surface area contributed by atoms with Crippen molar-refractivity contribution in [2.75, 3.05) is 5.73 Å². The molecule has 0 amide bonds. The number of aliphatic hydroxyl groups is 1. The van der Waals surface area contributed by atoms with Crippen LogP contribution in [-0.4, -0.2) is 15.1 Å². The number of aryl methyl sites for hydroxylation is 1. The molecule has 0 spiro atoms. The molecule has 1 aromatic heterocycles. The number of rotatable bonds is 1. The standard InChI is InChI=1S/C6H9N3O/c1-4-2-5(3-10)9-6(7)8-4/h2,10H,3H2,1H3,(H2,7,8,9). The molecule has 54 valence electrons. The fourth-order valence-corrected chi connectivity index (χ4v) is 0.739. The van der Waals surface area contributed by atoms with Crippen molar-refractivity contribution in [3.05, 3.63) is 17.5 Å². The van der Waals surface area contributed by atoms with Crippen molar-refractivity contribution in [2.24, 2.45) is 0 Å². The van der Waals surface area contributed by atoms with Gasteiger partial charge in [-0.3, -0.25) is 0 Å². The second kappa shape index (κ2) is 2.62. The lowest BCUT2D eigenvalue weighted by molar-refractivity contribution is 0.276. The maximum atomic E-state index is 8.64. The quantitative estimate of drug-likeness (QED) is 0.568. The van der Waals surface area contributed by atoms with Gasteiger partial charge in [0.15, 0.2) is 0 Å². The molecule has 0 aromatic carbocycles. The lowest BCUT2D eigenvalue weighted by Gasteiger charge is -1.97. The molecular formula is C6H9N3O. The van der Waals surface area contributed by atoms with Gasteiger partial charge in [0.1, 0.15) is 0 Å². The maximum Gasteiger partial charge on any atom is 0.220 e. The van der Waals surface area contributed by atoms with Crippen molar-refractivity contribution in [1.29, 1.82) is 0 Å². The Morgan fingerprint density at radius 2 is 2.30 bits per heavy atom. The van der Waals surface area contributed by atoms with Gasteiger partial charge in [-0.2, -0.15) is 0 Å². The van der Waals surface area contributed by atoms with Crippen molar-refractivity contribution >= 4 is 5.95 Å². The van der Waals surface area contributed by atoms with Crippen LogP contribution >= 0.6 is 0 Å². The maximum absolute atomic E-state index is 8.64. The summed E-state index contributed by atoms with van der Waals surface area (Å²) in [6.07, 6.45) is 0. The molecule has 0 bridgehead atoms. The second-order valence-corrected chi connectivity index (χ2v) is 2.02. The summed E-state index contributed by atoms with van der Waals surface area (Å²) < 4.78 is 0. The molecule has 4 nitrogen and oxygen atoms in total. The van der Waals surface area contributed by atoms with Crippen LogP contribution in [0.3, 0.4) is 0 Å². The average Bonchev–Trinajstić information content (AvgIpc) is 1.85. The SMILES string of the molecule is Cc1cc(CO)nc(N)n1. The van der Waals surface area contributed by atoms with Crippen LogP contribution in [-0.2, 0) is 6.61 Å². The summed E-state index contributed by atoms with van der Waals surface area (Å²) in [5.74, 6) is 0.212. The van der Waals surface area contributed by atoms with E-state index in [9.17, 15) is 0 Å². The predicted octanol–water partition coefficient (Wildman–Crippen LogP) is -0.140. The third-order valence-corrected chi connectivity index (χ3v) is 1.09. The first kappa shape index (κ1) is 6.95. The van der Waals surface area contributed by atoms with Gasteiger partial charge in [-0.25, -0.2) is 9.97 Å². The Morgan fingerprint density at radius 1 is 1.60 bits per heavy atom. The zero-order chi connectivity index (χ0) is 7.56. The summed E-state index contributed by atoms with van der Waals surface area (Å²) in [6.45, 7) is 1.71. The van der Waals surface area contributed by atoms with E-state index in [0.717, 1.165) is 5.69 Å². The minimum Gasteiger partial charge on any atom is -0.390 e. The van der Waals surface area contributed by atoms with Crippen LogP contribution in [0.15, 0.2) is 6.07 Å². The Morgan fingerprint density at radius 3 is 2.80 bits per heavy atom. The molecule has 0 aliphatic rings. The van der Waals surface area contributed by atoms with Crippen LogP contribution in [0.5, 0.6) is 0 Å². The van der Waals surface area contributed by atoms with Crippen molar-refractivity contribution in [1.82, 2.24) is 9.97 Å². The Labute approximate surface area is 58.7 Å². The minimum absolute atomic E-state index is 0.0897. The minimum atomic E-state index is -0.0897. The highest BCUT2D eigenvalue weighted by Crippen LogP contribution is 2.00. The number of aromatic nitrogens is 2. The number of nitrogens with zero attached hydrogens (tertiary/aromatic N) is 2. The largest absolute Gasteiger partial charge is 0.390 e. The monoisotopic (exact) mass is 139 g/mol. The van der Waals surface area contributed by atoms with E-state index in [1.165, 1.54) is 0 Å². The van der Waals surface area contributed by atoms with Gasteiger partial charge < -0.3 is 10.8 Å². The Bertz CT molecular complexity index is 216. The van der Waals surface area contributed by atoms with E-state index in [-0.39, 0.29) is 12.6 Å². The Balaban J connectivity index is 3.06. The molecule has 1 aromatic rings. The van der Waals surface area contributed by atoms with Gasteiger partial charge in [0, 0.05) is 5.69 Å². The summed E-state index contributed by atoms with van der Waals surface area (Å²) in [7, 11) is 0. The predicted molar refractivity (Wildman–Crippen MR) is 37.1 cm³/mol. The second-order valence-electron chi connectivity index (χ2n) is 2.02. The number of hydrogen-bond donors (Lipinski definition) is 2. The highest BCUT2D eigenvalue weighted by Gasteiger charge is 1.95. The summed E-state index contributed by atoms with van der Waals surface area (Å²) in [6, 6.07) is 1.69. The molecule has 0 fully saturated rings. The topological polar surface area (TPSA) is 72.0 Å². The summed E-state index contributed by atoms with van der Waals surface area (Å²) in [4.78, 5) is 7.61. The average molecular weight is 139 g/mol. The number of anilines is 1. The van der Waals surface area contributed by atoms with E-state index < -0.39 is 0 Å². The zero-order valence-corrected chi connectivity index (χ0v) is 5.70. The zero-order valence-electron chi connectivity index (χ0n) is 5.70. The number of aliphatic hydroxyl groups excluding tert-OH is 1. The first-order valence-electron chi connectivity index (χ1n) is 2.93. The summed E-state index contributed by atoms with van der Waals surface area (Å²) >= 11 is 0. The fraction of sp³-hybridized carbons (Fsp3) is 0.333. The van der Waals surface area contributed by atoms with Gasteiger partial charge in [0.2, 0.25) is 5.95 Å². The lowest BCUT2D eigenvalue weighted by Crippen LogP contribution is -2.00. The Hall–Kier alpha value is -1.16. The van der Waals surface area contributed by atoms with E-state index in [2.05, 4.69) is 9.97 Å². The van der Waals surface area contributed by atoms with Crippen LogP contribution < -0.4 is 5.73 Å². The molecule has 0 saturated heterocycles. The van der Waals surface area contributed by atoms with Crippen LogP contribution in [0, 0.1) is 6.92 Å². The highest BCUT2D eigenvalue weighted by atomic mass is 16.3. The van der Waals surface area contributed by atoms with Crippen LogP contribution in [0.4, 0.5) is 5.95 Å². The van der Waals surface area contributed by atoms with E-state index in [1.807, 2.05) is 0 Å². The summed E-state index contributed by atoms with van der Waals surface area (Å²) in [5, 5.41) is 8.64. The third kappa shape index (κ3) is 1.41. The van der Waals surface area contributed by atoms with Crippen molar-refractivity contribution < 1.29 is 5.11 Å². The lowest BCUT2D eigenvalue weighted by atomic mass is 10.3. The number of hydrogen-bond acceptors (Lipinski definition) is 4.